The van der Waals surface area contributed by atoms with E-state index in [-0.39, 0.29) is 11.4 Å². The molecule has 0 radical (unpaired) electrons. The van der Waals surface area contributed by atoms with E-state index in [4.69, 9.17) is 0 Å². The van der Waals surface area contributed by atoms with Crippen LogP contribution in [-0.4, -0.2) is 18.3 Å². The lowest BCUT2D eigenvalue weighted by atomic mass is 9.98. The van der Waals surface area contributed by atoms with Gasteiger partial charge in [-0.3, -0.25) is 0 Å². The van der Waals surface area contributed by atoms with Crippen LogP contribution in [0.1, 0.15) is 11.1 Å². The van der Waals surface area contributed by atoms with E-state index >= 15 is 13.2 Å². The van der Waals surface area contributed by atoms with Crippen molar-refractivity contribution < 1.29 is 13.2 Å². The van der Waals surface area contributed by atoms with Gasteiger partial charge in [0.15, 0.2) is 0 Å². The number of hydrogen-bond donors (Lipinski definition) is 0. The first-order chi connectivity index (χ1) is 34.4. The highest BCUT2D eigenvalue weighted by molar-refractivity contribution is 6.25. The molecule has 0 aliphatic rings. The van der Waals surface area contributed by atoms with Gasteiger partial charge in [-0.1, -0.05) is 146 Å². The first kappa shape index (κ1) is 39.8. The van der Waals surface area contributed by atoms with E-state index in [0.717, 1.165) is 76.5 Å². The molecule has 4 heterocycles. The van der Waals surface area contributed by atoms with Crippen molar-refractivity contribution in [3.63, 3.8) is 0 Å². The molecule has 0 atom stereocenters. The molecule has 330 valence electrons. The number of nitriles is 1. The molecule has 8 heteroatoms. The summed E-state index contributed by atoms with van der Waals surface area (Å²) >= 11 is 0. The molecule has 10 aromatic carbocycles. The van der Waals surface area contributed by atoms with Gasteiger partial charge in [0.05, 0.1) is 67.1 Å². The van der Waals surface area contributed by atoms with Crippen LogP contribution in [0, 0.1) is 11.3 Å². The molecule has 0 spiro atoms. The van der Waals surface area contributed by atoms with Gasteiger partial charge in [0.2, 0.25) is 0 Å². The summed E-state index contributed by atoms with van der Waals surface area (Å²) in [5.41, 5.74) is 8.46. The third kappa shape index (κ3) is 5.60. The quantitative estimate of drug-likeness (QED) is 0.170. The average molecular weight is 908 g/mol. The predicted molar refractivity (Wildman–Crippen MR) is 279 cm³/mol. The Morgan fingerprint density at radius 1 is 0.329 bits per heavy atom. The number of para-hydroxylation sites is 6. The number of alkyl halides is 3. The van der Waals surface area contributed by atoms with Crippen LogP contribution in [0.15, 0.2) is 218 Å². The summed E-state index contributed by atoms with van der Waals surface area (Å²) in [6.07, 6.45) is -4.90. The van der Waals surface area contributed by atoms with Crippen LogP contribution in [0.5, 0.6) is 0 Å². The second kappa shape index (κ2) is 14.8. The molecule has 70 heavy (non-hydrogen) atoms. The van der Waals surface area contributed by atoms with Gasteiger partial charge >= 0.3 is 6.18 Å². The Hall–Kier alpha value is -9.32. The Morgan fingerprint density at radius 2 is 0.686 bits per heavy atom. The van der Waals surface area contributed by atoms with Gasteiger partial charge in [0.1, 0.15) is 5.56 Å². The highest BCUT2D eigenvalue weighted by atomic mass is 19.4. The predicted octanol–water partition coefficient (Wildman–Crippen LogP) is 16.6. The van der Waals surface area contributed by atoms with Crippen LogP contribution in [0.4, 0.5) is 13.2 Å². The Morgan fingerprint density at radius 3 is 1.07 bits per heavy atom. The molecule has 14 aromatic rings. The molecule has 0 unspecified atom stereocenters. The second-order valence-corrected chi connectivity index (χ2v) is 17.9. The Balaban J connectivity index is 1.23. The lowest BCUT2D eigenvalue weighted by Crippen LogP contribution is -2.16. The van der Waals surface area contributed by atoms with E-state index in [1.54, 1.807) is 30.3 Å². The zero-order valence-corrected chi connectivity index (χ0v) is 37.2. The maximum atomic E-state index is 17.3. The van der Waals surface area contributed by atoms with Crippen LogP contribution in [0.25, 0.3) is 121 Å². The molecule has 0 fully saturated rings. The van der Waals surface area contributed by atoms with E-state index in [1.807, 2.05) is 149 Å². The fourth-order valence-corrected chi connectivity index (χ4v) is 11.4. The highest BCUT2D eigenvalue weighted by Gasteiger charge is 2.40. The van der Waals surface area contributed by atoms with Crippen LogP contribution < -0.4 is 0 Å². The van der Waals surface area contributed by atoms with E-state index < -0.39 is 11.7 Å². The normalized spacial score (nSPS) is 12.2. The number of aromatic nitrogens is 4. The fourth-order valence-electron chi connectivity index (χ4n) is 11.4. The minimum atomic E-state index is -4.90. The van der Waals surface area contributed by atoms with E-state index in [0.29, 0.717) is 38.8 Å². The summed E-state index contributed by atoms with van der Waals surface area (Å²) in [5, 5.41) is 17.3. The number of hydrogen-bond acceptors (Lipinski definition) is 1. The standard InChI is InChI=1S/C62H36F3N5/c63-62(64,65)57-55(69-53-28-13-9-24-45(53)49-32-30-47-43-22-7-11-26-51(43)67(58(47)60(49)69)41-18-3-1-4-19-41)35-40(39-17-15-16-38(34-39)37-66)36-56(57)70-54-29-14-10-25-46(54)50-33-31-48-44-23-8-12-27-52(44)68(59(48)61(50)70)42-20-5-2-6-21-42/h1-36H. The molecule has 0 amide bonds. The van der Waals surface area contributed by atoms with Crippen molar-refractivity contribution in [2.75, 3.05) is 0 Å². The van der Waals surface area contributed by atoms with Crippen molar-refractivity contribution in [1.82, 2.24) is 18.3 Å². The van der Waals surface area contributed by atoms with Gasteiger partial charge in [0, 0.05) is 54.5 Å². The number of fused-ring (bicyclic) bond motifs is 14. The van der Waals surface area contributed by atoms with Crippen molar-refractivity contribution in [3.8, 4) is 39.9 Å². The van der Waals surface area contributed by atoms with Gasteiger partial charge in [-0.15, -0.1) is 0 Å². The van der Waals surface area contributed by atoms with Crippen molar-refractivity contribution in [3.05, 3.63) is 230 Å². The van der Waals surface area contributed by atoms with Crippen LogP contribution in [-0.2, 0) is 6.18 Å². The summed E-state index contributed by atoms with van der Waals surface area (Å²) in [6.45, 7) is 0. The van der Waals surface area contributed by atoms with Crippen LogP contribution in [0.3, 0.4) is 0 Å². The molecule has 4 aromatic heterocycles. The maximum absolute atomic E-state index is 17.3. The fraction of sp³-hybridized carbons (Fsp3) is 0.0161. The van der Waals surface area contributed by atoms with Crippen molar-refractivity contribution in [2.45, 2.75) is 6.18 Å². The van der Waals surface area contributed by atoms with Gasteiger partial charge in [-0.05, 0) is 83.9 Å². The molecule has 5 nitrogen and oxygen atoms in total. The molecular formula is C62H36F3N5. The van der Waals surface area contributed by atoms with Gasteiger partial charge < -0.3 is 18.3 Å². The number of halogens is 3. The molecule has 0 aliphatic carbocycles. The average Bonchev–Trinajstić information content (AvgIpc) is 4.14. The third-order valence-electron chi connectivity index (χ3n) is 14.2. The zero-order chi connectivity index (χ0) is 46.8. The lowest BCUT2D eigenvalue weighted by Gasteiger charge is -2.24. The van der Waals surface area contributed by atoms with Gasteiger partial charge in [0.25, 0.3) is 0 Å². The molecule has 0 aliphatic heterocycles. The molecule has 0 saturated heterocycles. The molecule has 14 rings (SSSR count). The molecule has 0 bridgehead atoms. The summed E-state index contributed by atoms with van der Waals surface area (Å²) < 4.78 is 60.0. The smallest absolute Gasteiger partial charge is 0.307 e. The second-order valence-electron chi connectivity index (χ2n) is 17.9. The third-order valence-corrected chi connectivity index (χ3v) is 14.2. The van der Waals surface area contributed by atoms with Gasteiger partial charge in [-0.25, -0.2) is 0 Å². The van der Waals surface area contributed by atoms with E-state index in [9.17, 15) is 5.26 Å². The van der Waals surface area contributed by atoms with Crippen LogP contribution >= 0.6 is 0 Å². The summed E-state index contributed by atoms with van der Waals surface area (Å²) in [7, 11) is 0. The largest absolute Gasteiger partial charge is 0.420 e. The SMILES string of the molecule is N#Cc1cccc(-c2cc(-n3c4ccccc4c4ccc5c6ccccc6n(-c6ccccc6)c5c43)c(C(F)(F)F)c(-n3c4ccccc4c4ccc5c6ccccc6n(-c6ccccc6)c5c43)c2)c1. The lowest BCUT2D eigenvalue weighted by molar-refractivity contribution is -0.137. The summed E-state index contributed by atoms with van der Waals surface area (Å²) in [4.78, 5) is 0. The van der Waals surface area contributed by atoms with Crippen molar-refractivity contribution in [2.24, 2.45) is 0 Å². The minimum Gasteiger partial charge on any atom is -0.307 e. The Bertz CT molecular complexity index is 4270. The topological polar surface area (TPSA) is 43.5 Å². The van der Waals surface area contributed by atoms with Crippen molar-refractivity contribution in [1.29, 1.82) is 5.26 Å². The summed E-state index contributed by atoms with van der Waals surface area (Å²) in [5.74, 6) is 0. The monoisotopic (exact) mass is 907 g/mol. The van der Waals surface area contributed by atoms with Crippen LogP contribution in [0.2, 0.25) is 0 Å². The van der Waals surface area contributed by atoms with E-state index in [2.05, 4.69) is 63.7 Å². The Kier molecular flexibility index (Phi) is 8.44. The van der Waals surface area contributed by atoms with Gasteiger partial charge in [-0.2, -0.15) is 18.4 Å². The first-order valence-corrected chi connectivity index (χ1v) is 23.2. The zero-order valence-electron chi connectivity index (χ0n) is 37.2. The number of nitrogens with zero attached hydrogens (tertiary/aromatic N) is 5. The first-order valence-electron chi connectivity index (χ1n) is 23.2. The number of benzene rings is 10. The summed E-state index contributed by atoms with van der Waals surface area (Å²) in [6, 6.07) is 72.9. The molecular weight excluding hydrogens is 872 g/mol. The molecule has 0 N–H and O–H groups in total. The Labute approximate surface area is 397 Å². The minimum absolute atomic E-state index is 0.0346. The maximum Gasteiger partial charge on any atom is 0.420 e. The highest BCUT2D eigenvalue weighted by Crippen LogP contribution is 2.49. The van der Waals surface area contributed by atoms with Crippen molar-refractivity contribution >= 4 is 87.2 Å². The molecule has 0 saturated carbocycles. The number of rotatable bonds is 5. The van der Waals surface area contributed by atoms with E-state index in [1.165, 1.54) is 0 Å².